The summed E-state index contributed by atoms with van der Waals surface area (Å²) in [6.07, 6.45) is -0.770. The van der Waals surface area contributed by atoms with Gasteiger partial charge >= 0.3 is 5.51 Å². The van der Waals surface area contributed by atoms with Crippen LogP contribution in [0.1, 0.15) is 32.4 Å². The molecule has 0 bridgehead atoms. The molecule has 0 saturated heterocycles. The van der Waals surface area contributed by atoms with Crippen LogP contribution in [0, 0.1) is 5.41 Å². The lowest BCUT2D eigenvalue weighted by molar-refractivity contribution is -0.0328. The number of hydrogen-bond donors (Lipinski definition) is 2. The first kappa shape index (κ1) is 16.3. The minimum absolute atomic E-state index is 0.105. The molecule has 19 heavy (non-hydrogen) atoms. The maximum absolute atomic E-state index is 12.2. The van der Waals surface area contributed by atoms with Gasteiger partial charge in [0.25, 0.3) is 0 Å². The number of benzene rings is 1. The van der Waals surface area contributed by atoms with E-state index in [4.69, 9.17) is 5.73 Å². The van der Waals surface area contributed by atoms with Gasteiger partial charge in [-0.3, -0.25) is 0 Å². The highest BCUT2D eigenvalue weighted by molar-refractivity contribution is 8.00. The van der Waals surface area contributed by atoms with Crippen LogP contribution in [0.5, 0.6) is 0 Å². The Kier molecular flexibility index (Phi) is 4.92. The molecule has 0 aromatic heterocycles. The number of nitrogens with two attached hydrogens (primary N) is 1. The van der Waals surface area contributed by atoms with Crippen LogP contribution in [-0.2, 0) is 0 Å². The molecule has 0 aliphatic carbocycles. The number of aliphatic hydroxyl groups excluding tert-OH is 1. The van der Waals surface area contributed by atoms with E-state index >= 15 is 0 Å². The van der Waals surface area contributed by atoms with E-state index in [0.717, 1.165) is 0 Å². The van der Waals surface area contributed by atoms with Gasteiger partial charge in [-0.05, 0) is 34.9 Å². The van der Waals surface area contributed by atoms with Crippen LogP contribution in [0.3, 0.4) is 0 Å². The molecule has 0 aliphatic heterocycles. The summed E-state index contributed by atoms with van der Waals surface area (Å²) in [5, 5.41) is 10.1. The van der Waals surface area contributed by atoms with E-state index in [9.17, 15) is 18.3 Å². The smallest absolute Gasteiger partial charge is 0.391 e. The number of alkyl halides is 3. The fraction of sp³-hybridized carbons (Fsp3) is 0.538. The molecule has 0 amide bonds. The molecule has 1 rings (SSSR count). The Labute approximate surface area is 115 Å². The molecule has 108 valence electrons. The fourth-order valence-corrected chi connectivity index (χ4v) is 2.15. The average molecular weight is 293 g/mol. The van der Waals surface area contributed by atoms with E-state index in [1.807, 2.05) is 20.8 Å². The van der Waals surface area contributed by atoms with Crippen molar-refractivity contribution in [1.82, 2.24) is 0 Å². The quantitative estimate of drug-likeness (QED) is 0.835. The van der Waals surface area contributed by atoms with E-state index in [-0.39, 0.29) is 16.7 Å². The van der Waals surface area contributed by atoms with Crippen LogP contribution in [0.15, 0.2) is 29.2 Å². The normalized spacial score (nSPS) is 16.2. The van der Waals surface area contributed by atoms with Crippen molar-refractivity contribution in [3.05, 3.63) is 29.8 Å². The third-order valence-electron chi connectivity index (χ3n) is 2.73. The van der Waals surface area contributed by atoms with Gasteiger partial charge in [0, 0.05) is 4.90 Å². The highest BCUT2D eigenvalue weighted by Gasteiger charge is 2.30. The summed E-state index contributed by atoms with van der Waals surface area (Å²) in [7, 11) is 0. The highest BCUT2D eigenvalue weighted by Crippen LogP contribution is 2.37. The number of hydrogen-bond acceptors (Lipinski definition) is 3. The minimum Gasteiger partial charge on any atom is -0.391 e. The molecule has 0 spiro atoms. The minimum atomic E-state index is -4.30. The molecule has 0 saturated carbocycles. The Bertz CT molecular complexity index is 411. The molecule has 1 aromatic carbocycles. The highest BCUT2D eigenvalue weighted by atomic mass is 32.2. The summed E-state index contributed by atoms with van der Waals surface area (Å²) in [4.78, 5) is 0.105. The van der Waals surface area contributed by atoms with Crippen molar-refractivity contribution < 1.29 is 18.3 Å². The second-order valence-electron chi connectivity index (χ2n) is 5.45. The lowest BCUT2D eigenvalue weighted by atomic mass is 9.82. The molecule has 0 aliphatic rings. The van der Waals surface area contributed by atoms with Crippen LogP contribution in [-0.4, -0.2) is 16.7 Å². The molecule has 1 aromatic rings. The Morgan fingerprint density at radius 3 is 1.95 bits per heavy atom. The number of halogens is 3. The van der Waals surface area contributed by atoms with E-state index in [2.05, 4.69) is 0 Å². The monoisotopic (exact) mass is 293 g/mol. The fourth-order valence-electron chi connectivity index (χ4n) is 1.61. The summed E-state index contributed by atoms with van der Waals surface area (Å²) in [5.41, 5.74) is 1.86. The topological polar surface area (TPSA) is 46.2 Å². The molecule has 2 nitrogen and oxygen atoms in total. The number of aliphatic hydroxyl groups is 1. The van der Waals surface area contributed by atoms with Gasteiger partial charge in [-0.25, -0.2) is 0 Å². The van der Waals surface area contributed by atoms with Crippen molar-refractivity contribution in [1.29, 1.82) is 0 Å². The van der Waals surface area contributed by atoms with Crippen molar-refractivity contribution in [3.8, 4) is 0 Å². The van der Waals surface area contributed by atoms with E-state index in [1.54, 1.807) is 0 Å². The molecule has 0 heterocycles. The first-order valence-corrected chi connectivity index (χ1v) is 6.62. The maximum atomic E-state index is 12.2. The summed E-state index contributed by atoms with van der Waals surface area (Å²) < 4.78 is 36.5. The van der Waals surface area contributed by atoms with Crippen molar-refractivity contribution in [2.45, 2.75) is 43.3 Å². The SMILES string of the molecule is CC(C)(C)[C@H](O)[C@H](N)c1ccc(SC(F)(F)F)cc1. The Morgan fingerprint density at radius 1 is 1.11 bits per heavy atom. The lowest BCUT2D eigenvalue weighted by Gasteiger charge is -2.31. The number of thioether (sulfide) groups is 1. The zero-order chi connectivity index (χ0) is 14.8. The lowest BCUT2D eigenvalue weighted by Crippen LogP contribution is -2.36. The predicted molar refractivity (Wildman–Crippen MR) is 70.7 cm³/mol. The third kappa shape index (κ3) is 5.04. The van der Waals surface area contributed by atoms with E-state index < -0.39 is 23.1 Å². The predicted octanol–water partition coefficient (Wildman–Crippen LogP) is 3.71. The van der Waals surface area contributed by atoms with Gasteiger partial charge in [-0.2, -0.15) is 13.2 Å². The molecular formula is C13H18F3NOS. The van der Waals surface area contributed by atoms with Crippen molar-refractivity contribution in [2.75, 3.05) is 0 Å². The molecule has 6 heteroatoms. The van der Waals surface area contributed by atoms with Gasteiger partial charge < -0.3 is 10.8 Å². The average Bonchev–Trinajstić information content (AvgIpc) is 2.24. The van der Waals surface area contributed by atoms with Gasteiger partial charge in [0.05, 0.1) is 12.1 Å². The zero-order valence-corrected chi connectivity index (χ0v) is 11.8. The molecule has 3 N–H and O–H groups in total. The molecular weight excluding hydrogens is 275 g/mol. The summed E-state index contributed by atoms with van der Waals surface area (Å²) >= 11 is -0.168. The summed E-state index contributed by atoms with van der Waals surface area (Å²) in [6.45, 7) is 5.56. The van der Waals surface area contributed by atoms with Gasteiger partial charge in [-0.15, -0.1) is 0 Å². The van der Waals surface area contributed by atoms with Gasteiger partial charge in [0.15, 0.2) is 0 Å². The van der Waals surface area contributed by atoms with Crippen molar-refractivity contribution in [2.24, 2.45) is 11.1 Å². The van der Waals surface area contributed by atoms with Crippen LogP contribution < -0.4 is 5.73 Å². The van der Waals surface area contributed by atoms with Gasteiger partial charge in [0.1, 0.15) is 0 Å². The zero-order valence-electron chi connectivity index (χ0n) is 11.0. The standard InChI is InChI=1S/C13H18F3NOS/c1-12(2,3)11(18)10(17)8-4-6-9(7-5-8)19-13(14,15)16/h4-7,10-11,18H,17H2,1-3H3/t10-,11-/m1/s1. The van der Waals surface area contributed by atoms with Gasteiger partial charge in [-0.1, -0.05) is 32.9 Å². The molecule has 0 unspecified atom stereocenters. The first-order valence-electron chi connectivity index (χ1n) is 5.80. The Morgan fingerprint density at radius 2 is 1.58 bits per heavy atom. The summed E-state index contributed by atoms with van der Waals surface area (Å²) in [6, 6.07) is 5.15. The van der Waals surface area contributed by atoms with Crippen molar-refractivity contribution >= 4 is 11.8 Å². The first-order chi connectivity index (χ1) is 8.50. The Balaban J connectivity index is 2.82. The number of rotatable bonds is 3. The second kappa shape index (κ2) is 5.73. The Hall–Kier alpha value is -0.720. The van der Waals surface area contributed by atoms with E-state index in [1.165, 1.54) is 24.3 Å². The maximum Gasteiger partial charge on any atom is 0.446 e. The van der Waals surface area contributed by atoms with Crippen molar-refractivity contribution in [3.63, 3.8) is 0 Å². The van der Waals surface area contributed by atoms with Crippen LogP contribution in [0.4, 0.5) is 13.2 Å². The molecule has 0 fully saturated rings. The largest absolute Gasteiger partial charge is 0.446 e. The van der Waals surface area contributed by atoms with Gasteiger partial charge in [0.2, 0.25) is 0 Å². The molecule has 2 atom stereocenters. The third-order valence-corrected chi connectivity index (χ3v) is 3.47. The summed E-state index contributed by atoms with van der Waals surface area (Å²) in [5.74, 6) is 0. The molecule has 0 radical (unpaired) electrons. The second-order valence-corrected chi connectivity index (χ2v) is 6.59. The van der Waals surface area contributed by atoms with Crippen LogP contribution in [0.2, 0.25) is 0 Å². The van der Waals surface area contributed by atoms with Crippen LogP contribution >= 0.6 is 11.8 Å². The van der Waals surface area contributed by atoms with E-state index in [0.29, 0.717) is 5.56 Å². The van der Waals surface area contributed by atoms with Crippen LogP contribution in [0.25, 0.3) is 0 Å².